The normalized spacial score (nSPS) is 12.8. The topological polar surface area (TPSA) is 78.0 Å². The van der Waals surface area contributed by atoms with Crippen LogP contribution in [0.25, 0.3) is 11.0 Å². The minimum Gasteiger partial charge on any atom is -0.372 e. The summed E-state index contributed by atoms with van der Waals surface area (Å²) in [5.41, 5.74) is 0.964. The number of carbonyl (C=O) groups excluding carboxylic acids is 1. The van der Waals surface area contributed by atoms with Crippen LogP contribution in [-0.2, 0) is 10.4 Å². The van der Waals surface area contributed by atoms with Crippen LogP contribution in [-0.4, -0.2) is 21.0 Å². The first-order valence-corrected chi connectivity index (χ1v) is 10.1. The lowest BCUT2D eigenvalue weighted by Gasteiger charge is -2.31. The number of H-pyrrole nitrogens is 1. The summed E-state index contributed by atoms with van der Waals surface area (Å²) in [5.74, 6) is 0.243. The van der Waals surface area contributed by atoms with Crippen LogP contribution in [0.5, 0.6) is 0 Å². The molecule has 0 aliphatic carbocycles. The molecular weight excluding hydrogens is 374 g/mol. The largest absolute Gasteiger partial charge is 0.372 e. The number of nitrogens with zero attached hydrogens (tertiary/aromatic N) is 1. The zero-order valence-corrected chi connectivity index (χ0v) is 17.0. The fourth-order valence-electron chi connectivity index (χ4n) is 3.70. The number of amides is 1. The molecule has 4 aromatic rings. The maximum atomic E-state index is 13.6. The first-order chi connectivity index (χ1) is 14.5. The molecule has 0 saturated carbocycles. The quantitative estimate of drug-likeness (QED) is 0.452. The molecule has 0 aliphatic heterocycles. The molecule has 0 unspecified atom stereocenters. The summed E-state index contributed by atoms with van der Waals surface area (Å²) in [7, 11) is 0. The lowest BCUT2D eigenvalue weighted by Crippen LogP contribution is -2.47. The molecule has 5 heteroatoms. The summed E-state index contributed by atoms with van der Waals surface area (Å²) in [4.78, 5) is 21.5. The maximum Gasteiger partial charge on any atom is 0.262 e. The summed E-state index contributed by atoms with van der Waals surface area (Å²) in [6.07, 6.45) is 0. The molecule has 3 aromatic carbocycles. The van der Waals surface area contributed by atoms with Crippen molar-refractivity contribution < 1.29 is 9.90 Å². The van der Waals surface area contributed by atoms with Gasteiger partial charge in [0.1, 0.15) is 5.82 Å². The van der Waals surface area contributed by atoms with Gasteiger partial charge in [0.05, 0.1) is 17.1 Å². The van der Waals surface area contributed by atoms with E-state index in [1.165, 1.54) is 0 Å². The Bertz CT molecular complexity index is 1060. The molecule has 1 atom stereocenters. The van der Waals surface area contributed by atoms with Gasteiger partial charge in [-0.1, -0.05) is 86.6 Å². The number of rotatable bonds is 6. The summed E-state index contributed by atoms with van der Waals surface area (Å²) in [6, 6.07) is 25.4. The predicted molar refractivity (Wildman–Crippen MR) is 118 cm³/mol. The fraction of sp³-hybridized carbons (Fsp3) is 0.200. The van der Waals surface area contributed by atoms with Crippen molar-refractivity contribution in [1.29, 1.82) is 0 Å². The van der Waals surface area contributed by atoms with Crippen molar-refractivity contribution in [3.8, 4) is 0 Å². The van der Waals surface area contributed by atoms with E-state index in [0.717, 1.165) is 11.0 Å². The number of aromatic amines is 1. The fourth-order valence-corrected chi connectivity index (χ4v) is 3.70. The van der Waals surface area contributed by atoms with Gasteiger partial charge in [-0.05, 0) is 29.2 Å². The zero-order chi connectivity index (χ0) is 21.1. The highest BCUT2D eigenvalue weighted by atomic mass is 16.3. The molecule has 0 bridgehead atoms. The van der Waals surface area contributed by atoms with Crippen LogP contribution >= 0.6 is 0 Å². The third kappa shape index (κ3) is 3.60. The van der Waals surface area contributed by atoms with Gasteiger partial charge in [0.15, 0.2) is 5.60 Å². The van der Waals surface area contributed by atoms with E-state index in [4.69, 9.17) is 0 Å². The molecule has 1 amide bonds. The maximum absolute atomic E-state index is 13.6. The van der Waals surface area contributed by atoms with E-state index in [0.29, 0.717) is 17.0 Å². The van der Waals surface area contributed by atoms with Crippen LogP contribution in [0.1, 0.15) is 36.8 Å². The van der Waals surface area contributed by atoms with Crippen molar-refractivity contribution in [1.82, 2.24) is 15.3 Å². The SMILES string of the molecule is CC(C)[C@@H](NC(=O)C(O)(c1ccccc1)c1ccccc1)c1nc2ccccc2[nH]1. The lowest BCUT2D eigenvalue weighted by molar-refractivity contribution is -0.138. The van der Waals surface area contributed by atoms with E-state index in [1.54, 1.807) is 24.3 Å². The van der Waals surface area contributed by atoms with Crippen LogP contribution in [0.3, 0.4) is 0 Å². The molecule has 0 fully saturated rings. The number of para-hydroxylation sites is 2. The minimum absolute atomic E-state index is 0.0605. The predicted octanol–water partition coefficient (Wildman–Crippen LogP) is 4.31. The molecule has 3 N–H and O–H groups in total. The number of aliphatic hydroxyl groups is 1. The van der Waals surface area contributed by atoms with Crippen molar-refractivity contribution in [2.75, 3.05) is 0 Å². The number of aromatic nitrogens is 2. The van der Waals surface area contributed by atoms with E-state index in [1.807, 2.05) is 74.5 Å². The Labute approximate surface area is 175 Å². The number of hydrogen-bond donors (Lipinski definition) is 3. The summed E-state index contributed by atoms with van der Waals surface area (Å²) < 4.78 is 0. The van der Waals surface area contributed by atoms with Gasteiger partial charge < -0.3 is 15.4 Å². The van der Waals surface area contributed by atoms with Gasteiger partial charge in [-0.15, -0.1) is 0 Å². The second kappa shape index (κ2) is 8.13. The molecule has 1 heterocycles. The molecule has 5 nitrogen and oxygen atoms in total. The highest BCUT2D eigenvalue weighted by Gasteiger charge is 2.41. The molecule has 0 aliphatic rings. The first-order valence-electron chi connectivity index (χ1n) is 10.1. The summed E-state index contributed by atoms with van der Waals surface area (Å²) in [5, 5.41) is 14.7. The van der Waals surface area contributed by atoms with Crippen LogP contribution < -0.4 is 5.32 Å². The highest BCUT2D eigenvalue weighted by molar-refractivity contribution is 5.90. The Morgan fingerprint density at radius 2 is 1.43 bits per heavy atom. The van der Waals surface area contributed by atoms with Crippen molar-refractivity contribution in [3.63, 3.8) is 0 Å². The van der Waals surface area contributed by atoms with Gasteiger partial charge in [-0.25, -0.2) is 4.98 Å². The Balaban J connectivity index is 1.73. The molecule has 0 saturated heterocycles. The molecule has 30 heavy (non-hydrogen) atoms. The highest BCUT2D eigenvalue weighted by Crippen LogP contribution is 2.32. The lowest BCUT2D eigenvalue weighted by atomic mass is 9.85. The average Bonchev–Trinajstić information content (AvgIpc) is 3.21. The Hall–Kier alpha value is -3.44. The summed E-state index contributed by atoms with van der Waals surface area (Å²) >= 11 is 0. The van der Waals surface area contributed by atoms with Crippen molar-refractivity contribution in [2.24, 2.45) is 5.92 Å². The van der Waals surface area contributed by atoms with Crippen LogP contribution in [0.4, 0.5) is 0 Å². The molecule has 0 radical (unpaired) electrons. The smallest absolute Gasteiger partial charge is 0.262 e. The molecule has 152 valence electrons. The van der Waals surface area contributed by atoms with E-state index < -0.39 is 11.5 Å². The van der Waals surface area contributed by atoms with Crippen molar-refractivity contribution in [2.45, 2.75) is 25.5 Å². The number of fused-ring (bicyclic) bond motifs is 1. The van der Waals surface area contributed by atoms with Crippen LogP contribution in [0, 0.1) is 5.92 Å². The van der Waals surface area contributed by atoms with E-state index in [2.05, 4.69) is 15.3 Å². The first kappa shape index (κ1) is 19.9. The number of benzene rings is 3. The van der Waals surface area contributed by atoms with Gasteiger partial charge in [-0.2, -0.15) is 0 Å². The van der Waals surface area contributed by atoms with E-state index >= 15 is 0 Å². The number of hydrogen-bond acceptors (Lipinski definition) is 3. The van der Waals surface area contributed by atoms with Gasteiger partial charge in [0.2, 0.25) is 0 Å². The molecule has 4 rings (SSSR count). The van der Waals surface area contributed by atoms with E-state index in [9.17, 15) is 9.90 Å². The second-order valence-corrected chi connectivity index (χ2v) is 7.78. The average molecular weight is 399 g/mol. The standard InChI is InChI=1S/C25H25N3O2/c1-17(2)22(23-26-20-15-9-10-16-21(20)27-23)28-24(29)25(30,18-11-5-3-6-12-18)19-13-7-4-8-14-19/h3-17,22,30H,1-2H3,(H,26,27)(H,28,29)/t22-/m1/s1. The van der Waals surface area contributed by atoms with Gasteiger partial charge in [-0.3, -0.25) is 4.79 Å². The third-order valence-corrected chi connectivity index (χ3v) is 5.37. The Morgan fingerprint density at radius 1 is 0.900 bits per heavy atom. The van der Waals surface area contributed by atoms with Crippen molar-refractivity contribution in [3.05, 3.63) is 102 Å². The monoisotopic (exact) mass is 399 g/mol. The van der Waals surface area contributed by atoms with Gasteiger partial charge in [0.25, 0.3) is 5.91 Å². The van der Waals surface area contributed by atoms with E-state index in [-0.39, 0.29) is 12.0 Å². The Morgan fingerprint density at radius 3 is 1.97 bits per heavy atom. The third-order valence-electron chi connectivity index (χ3n) is 5.37. The van der Waals surface area contributed by atoms with Crippen LogP contribution in [0.15, 0.2) is 84.9 Å². The number of carbonyl (C=O) groups is 1. The minimum atomic E-state index is -1.82. The van der Waals surface area contributed by atoms with Gasteiger partial charge in [0, 0.05) is 0 Å². The second-order valence-electron chi connectivity index (χ2n) is 7.78. The van der Waals surface area contributed by atoms with Crippen LogP contribution in [0.2, 0.25) is 0 Å². The molecular formula is C25H25N3O2. The zero-order valence-electron chi connectivity index (χ0n) is 17.0. The number of imidazole rings is 1. The van der Waals surface area contributed by atoms with Crippen molar-refractivity contribution >= 4 is 16.9 Å². The molecule has 0 spiro atoms. The summed E-state index contributed by atoms with van der Waals surface area (Å²) in [6.45, 7) is 4.03. The molecule has 1 aromatic heterocycles. The van der Waals surface area contributed by atoms with Gasteiger partial charge >= 0.3 is 0 Å². The Kier molecular flexibility index (Phi) is 5.38. The number of nitrogens with one attached hydrogen (secondary N) is 2.